The molecule has 0 saturated carbocycles. The number of hydrogen-bond acceptors (Lipinski definition) is 2. The Morgan fingerprint density at radius 1 is 1.19 bits per heavy atom. The molecule has 2 rings (SSSR count). The van der Waals surface area contributed by atoms with Crippen molar-refractivity contribution in [2.75, 3.05) is 0 Å². The zero-order valence-corrected chi connectivity index (χ0v) is 14.1. The standard InChI is InChI=1S/C11H7Br2IOS/c12-6-1-2-8(14)7(5-6)11(15)9-3-4-10(13)16-9/h1-5,11,15H. The van der Waals surface area contributed by atoms with E-state index < -0.39 is 6.10 Å². The lowest BCUT2D eigenvalue weighted by atomic mass is 10.1. The fourth-order valence-electron chi connectivity index (χ4n) is 1.35. The summed E-state index contributed by atoms with van der Waals surface area (Å²) >= 11 is 10.6. The lowest BCUT2D eigenvalue weighted by Crippen LogP contribution is -1.99. The van der Waals surface area contributed by atoms with Gasteiger partial charge < -0.3 is 5.11 Å². The molecule has 1 N–H and O–H groups in total. The van der Waals surface area contributed by atoms with Crippen LogP contribution in [-0.4, -0.2) is 5.11 Å². The predicted molar refractivity (Wildman–Crippen MR) is 82.9 cm³/mol. The summed E-state index contributed by atoms with van der Waals surface area (Å²) in [6.07, 6.45) is -0.555. The Balaban J connectivity index is 2.40. The molecule has 1 nitrogen and oxygen atoms in total. The minimum absolute atomic E-state index is 0.555. The first-order chi connectivity index (χ1) is 7.58. The first kappa shape index (κ1) is 13.0. The monoisotopic (exact) mass is 472 g/mol. The maximum Gasteiger partial charge on any atom is 0.114 e. The van der Waals surface area contributed by atoms with Gasteiger partial charge in [-0.1, -0.05) is 15.9 Å². The highest BCUT2D eigenvalue weighted by Crippen LogP contribution is 2.34. The Morgan fingerprint density at radius 3 is 2.56 bits per heavy atom. The van der Waals surface area contributed by atoms with Gasteiger partial charge in [0.25, 0.3) is 0 Å². The van der Waals surface area contributed by atoms with E-state index in [4.69, 9.17) is 0 Å². The quantitative estimate of drug-likeness (QED) is 0.611. The van der Waals surface area contributed by atoms with Gasteiger partial charge in [0.2, 0.25) is 0 Å². The largest absolute Gasteiger partial charge is 0.383 e. The maximum atomic E-state index is 10.3. The first-order valence-electron chi connectivity index (χ1n) is 4.46. The van der Waals surface area contributed by atoms with Crippen LogP contribution in [0.1, 0.15) is 16.5 Å². The molecule has 1 heterocycles. The van der Waals surface area contributed by atoms with E-state index in [0.29, 0.717) is 0 Å². The van der Waals surface area contributed by atoms with Crippen molar-refractivity contribution < 1.29 is 5.11 Å². The topological polar surface area (TPSA) is 20.2 Å². The molecule has 0 amide bonds. The van der Waals surface area contributed by atoms with Crippen molar-refractivity contribution in [3.8, 4) is 0 Å². The van der Waals surface area contributed by atoms with Crippen LogP contribution in [0.4, 0.5) is 0 Å². The van der Waals surface area contributed by atoms with Gasteiger partial charge in [0.1, 0.15) is 6.10 Å². The van der Waals surface area contributed by atoms with Gasteiger partial charge in [0, 0.05) is 18.5 Å². The summed E-state index contributed by atoms with van der Waals surface area (Å²) in [6, 6.07) is 9.82. The van der Waals surface area contributed by atoms with E-state index >= 15 is 0 Å². The van der Waals surface area contributed by atoms with Crippen LogP contribution >= 0.6 is 65.8 Å². The molecule has 16 heavy (non-hydrogen) atoms. The highest BCUT2D eigenvalue weighted by molar-refractivity contribution is 14.1. The fourth-order valence-corrected chi connectivity index (χ4v) is 3.79. The van der Waals surface area contributed by atoms with Gasteiger partial charge in [0.15, 0.2) is 0 Å². The zero-order valence-electron chi connectivity index (χ0n) is 7.95. The van der Waals surface area contributed by atoms with Gasteiger partial charge in [-0.25, -0.2) is 0 Å². The minimum Gasteiger partial charge on any atom is -0.383 e. The van der Waals surface area contributed by atoms with Crippen molar-refractivity contribution in [2.45, 2.75) is 6.10 Å². The minimum atomic E-state index is -0.555. The number of hydrogen-bond donors (Lipinski definition) is 1. The molecule has 1 atom stereocenters. The average Bonchev–Trinajstić information content (AvgIpc) is 2.67. The maximum absolute atomic E-state index is 10.3. The Hall–Kier alpha value is 0.570. The molecule has 0 aliphatic carbocycles. The Labute approximate surface area is 128 Å². The zero-order chi connectivity index (χ0) is 11.7. The van der Waals surface area contributed by atoms with Crippen molar-refractivity contribution in [2.24, 2.45) is 0 Å². The summed E-state index contributed by atoms with van der Waals surface area (Å²) < 4.78 is 3.09. The van der Waals surface area contributed by atoms with Gasteiger partial charge >= 0.3 is 0 Å². The van der Waals surface area contributed by atoms with Crippen molar-refractivity contribution in [1.29, 1.82) is 0 Å². The molecule has 0 aliphatic heterocycles. The third-order valence-electron chi connectivity index (χ3n) is 2.12. The van der Waals surface area contributed by atoms with Gasteiger partial charge in [-0.15, -0.1) is 11.3 Å². The SMILES string of the molecule is OC(c1ccc(Br)s1)c1cc(Br)ccc1I. The van der Waals surface area contributed by atoms with Crippen LogP contribution in [0.15, 0.2) is 38.6 Å². The van der Waals surface area contributed by atoms with Crippen LogP contribution < -0.4 is 0 Å². The third-order valence-corrected chi connectivity index (χ3v) is 5.27. The average molecular weight is 474 g/mol. The number of halogens is 3. The van der Waals surface area contributed by atoms with Gasteiger partial charge in [-0.3, -0.25) is 0 Å². The van der Waals surface area contributed by atoms with E-state index in [-0.39, 0.29) is 0 Å². The molecule has 5 heteroatoms. The second kappa shape index (κ2) is 5.48. The van der Waals surface area contributed by atoms with Crippen LogP contribution in [0.2, 0.25) is 0 Å². The van der Waals surface area contributed by atoms with Crippen molar-refractivity contribution >= 4 is 65.8 Å². The third kappa shape index (κ3) is 2.87. The van der Waals surface area contributed by atoms with Crippen LogP contribution in [0.3, 0.4) is 0 Å². The van der Waals surface area contributed by atoms with E-state index in [1.54, 1.807) is 11.3 Å². The van der Waals surface area contributed by atoms with Crippen LogP contribution in [0.5, 0.6) is 0 Å². The molecule has 84 valence electrons. The lowest BCUT2D eigenvalue weighted by Gasteiger charge is -2.11. The molecule has 0 bridgehead atoms. The molecule has 0 radical (unpaired) electrons. The van der Waals surface area contributed by atoms with E-state index in [2.05, 4.69) is 54.5 Å². The van der Waals surface area contributed by atoms with E-state index in [1.807, 2.05) is 30.3 Å². The first-order valence-corrected chi connectivity index (χ1v) is 7.94. The number of benzene rings is 1. The number of aliphatic hydroxyl groups is 1. The lowest BCUT2D eigenvalue weighted by molar-refractivity contribution is 0.223. The number of aliphatic hydroxyl groups excluding tert-OH is 1. The normalized spacial score (nSPS) is 12.8. The second-order valence-electron chi connectivity index (χ2n) is 3.21. The summed E-state index contributed by atoms with van der Waals surface area (Å²) in [7, 11) is 0. The Morgan fingerprint density at radius 2 is 1.94 bits per heavy atom. The van der Waals surface area contributed by atoms with E-state index in [9.17, 15) is 5.11 Å². The molecule has 1 aromatic heterocycles. The van der Waals surface area contributed by atoms with Crippen LogP contribution in [0, 0.1) is 3.57 Å². The van der Waals surface area contributed by atoms with Crippen molar-refractivity contribution in [3.63, 3.8) is 0 Å². The molecule has 1 unspecified atom stereocenters. The smallest absolute Gasteiger partial charge is 0.114 e. The highest BCUT2D eigenvalue weighted by atomic mass is 127. The van der Waals surface area contributed by atoms with E-state index in [0.717, 1.165) is 22.3 Å². The fraction of sp³-hybridized carbons (Fsp3) is 0.0909. The number of thiophene rings is 1. The molecule has 0 saturated heterocycles. The Bertz CT molecular complexity index is 512. The summed E-state index contributed by atoms with van der Waals surface area (Å²) in [5, 5.41) is 10.3. The predicted octanol–water partition coefficient (Wildman–Crippen LogP) is 4.96. The van der Waals surface area contributed by atoms with Crippen molar-refractivity contribution in [1.82, 2.24) is 0 Å². The molecule has 2 aromatic rings. The highest BCUT2D eigenvalue weighted by Gasteiger charge is 2.15. The second-order valence-corrected chi connectivity index (χ2v) is 7.78. The van der Waals surface area contributed by atoms with Gasteiger partial charge in [-0.2, -0.15) is 0 Å². The van der Waals surface area contributed by atoms with E-state index in [1.165, 1.54) is 0 Å². The molecule has 0 fully saturated rings. The molecule has 1 aromatic carbocycles. The van der Waals surface area contributed by atoms with Crippen molar-refractivity contribution in [3.05, 3.63) is 52.6 Å². The summed E-state index contributed by atoms with van der Waals surface area (Å²) in [6.45, 7) is 0. The summed E-state index contributed by atoms with van der Waals surface area (Å²) in [4.78, 5) is 0.947. The van der Waals surface area contributed by atoms with Crippen LogP contribution in [0.25, 0.3) is 0 Å². The molecule has 0 spiro atoms. The van der Waals surface area contributed by atoms with Gasteiger partial charge in [-0.05, 0) is 68.9 Å². The van der Waals surface area contributed by atoms with Crippen LogP contribution in [-0.2, 0) is 0 Å². The summed E-state index contributed by atoms with van der Waals surface area (Å²) in [5.41, 5.74) is 0.935. The van der Waals surface area contributed by atoms with Gasteiger partial charge in [0.05, 0.1) is 3.79 Å². The Kier molecular flexibility index (Phi) is 4.45. The molecule has 0 aliphatic rings. The molecular formula is C11H7Br2IOS. The summed E-state index contributed by atoms with van der Waals surface area (Å²) in [5.74, 6) is 0. The molecular weight excluding hydrogens is 467 g/mol. The number of rotatable bonds is 2.